The van der Waals surface area contributed by atoms with Gasteiger partial charge in [-0.25, -0.2) is 0 Å². The largest absolute Gasteiger partial charge is 0.479 e. The van der Waals surface area contributed by atoms with E-state index in [0.29, 0.717) is 13.0 Å². The number of rotatable bonds is 8. The number of hydrogen-bond donors (Lipinski definition) is 0. The summed E-state index contributed by atoms with van der Waals surface area (Å²) in [5.41, 5.74) is 2.46. The van der Waals surface area contributed by atoms with E-state index >= 15 is 0 Å². The highest BCUT2D eigenvalue weighted by molar-refractivity contribution is 5.96. The average molecular weight is 426 g/mol. The molecule has 4 heterocycles. The van der Waals surface area contributed by atoms with Gasteiger partial charge in [0, 0.05) is 37.3 Å². The van der Waals surface area contributed by atoms with Crippen LogP contribution in [-0.2, 0) is 20.8 Å². The number of oxime groups is 1. The van der Waals surface area contributed by atoms with Gasteiger partial charge in [-0.1, -0.05) is 23.4 Å². The predicted octanol–water partition coefficient (Wildman–Crippen LogP) is 4.13. The number of carbonyl (C=O) groups is 1. The molecule has 1 aromatic carbocycles. The second kappa shape index (κ2) is 9.60. The van der Waals surface area contributed by atoms with Crippen molar-refractivity contribution in [2.45, 2.75) is 76.3 Å². The number of amides is 1. The van der Waals surface area contributed by atoms with E-state index < -0.39 is 0 Å². The maximum atomic E-state index is 12.5. The van der Waals surface area contributed by atoms with Crippen molar-refractivity contribution in [3.63, 3.8) is 0 Å². The topological polar surface area (TPSA) is 54.4 Å². The van der Waals surface area contributed by atoms with Gasteiger partial charge in [-0.05, 0) is 68.9 Å². The zero-order valence-corrected chi connectivity index (χ0v) is 18.5. The molecule has 2 atom stereocenters. The van der Waals surface area contributed by atoms with Crippen molar-refractivity contribution in [3.05, 3.63) is 29.8 Å². The van der Waals surface area contributed by atoms with Crippen molar-refractivity contribution in [2.75, 3.05) is 31.2 Å². The summed E-state index contributed by atoms with van der Waals surface area (Å²) in [5, 5.41) is 3.91. The van der Waals surface area contributed by atoms with Gasteiger partial charge in [0.05, 0.1) is 13.0 Å². The number of hydrogen-bond acceptors (Lipinski definition) is 5. The lowest BCUT2D eigenvalue weighted by atomic mass is 9.87. The van der Waals surface area contributed by atoms with E-state index in [2.05, 4.69) is 34.3 Å². The van der Waals surface area contributed by atoms with Crippen LogP contribution >= 0.6 is 0 Å². The molecule has 2 bridgehead atoms. The molecule has 6 nitrogen and oxygen atoms in total. The van der Waals surface area contributed by atoms with E-state index in [0.717, 1.165) is 75.0 Å². The molecule has 4 aliphatic rings. The third-order valence-corrected chi connectivity index (χ3v) is 7.57. The molecular weight excluding hydrogens is 390 g/mol. The number of para-hydroxylation sites is 1. The molecule has 168 valence electrons. The summed E-state index contributed by atoms with van der Waals surface area (Å²) in [5.74, 6) is 1.89. The van der Waals surface area contributed by atoms with Gasteiger partial charge in [-0.3, -0.25) is 9.69 Å². The maximum absolute atomic E-state index is 12.5. The zero-order valence-electron chi connectivity index (χ0n) is 18.5. The fourth-order valence-corrected chi connectivity index (χ4v) is 6.10. The molecule has 2 saturated heterocycles. The first-order valence-corrected chi connectivity index (χ1v) is 12.2. The van der Waals surface area contributed by atoms with E-state index in [9.17, 15) is 4.79 Å². The van der Waals surface area contributed by atoms with Crippen LogP contribution < -0.4 is 4.90 Å². The molecule has 0 aliphatic carbocycles. The number of benzene rings is 1. The monoisotopic (exact) mass is 425 g/mol. The van der Waals surface area contributed by atoms with Crippen molar-refractivity contribution < 1.29 is 14.4 Å². The standard InChI is InChI=1S/C25H35N3O3/c29-25-11-8-20-6-1-2-7-23(20)28(25)14-4-13-27-21-9-10-22(27)18-19(17-21)5-3-15-30-24-12-16-31-26-24/h1-2,6-7,19,21-22H,3-5,8-18H2. The van der Waals surface area contributed by atoms with Crippen molar-refractivity contribution in [3.8, 4) is 0 Å². The molecule has 31 heavy (non-hydrogen) atoms. The summed E-state index contributed by atoms with van der Waals surface area (Å²) in [6.07, 6.45) is 11.1. The van der Waals surface area contributed by atoms with Gasteiger partial charge in [0.1, 0.15) is 6.61 Å². The number of aryl methyl sites for hydroxylation is 1. The summed E-state index contributed by atoms with van der Waals surface area (Å²) in [6.45, 7) is 3.40. The summed E-state index contributed by atoms with van der Waals surface area (Å²) >= 11 is 0. The van der Waals surface area contributed by atoms with Gasteiger partial charge in [-0.2, -0.15) is 0 Å². The Kier molecular flexibility index (Phi) is 6.44. The molecule has 0 saturated carbocycles. The van der Waals surface area contributed by atoms with E-state index in [-0.39, 0.29) is 5.91 Å². The van der Waals surface area contributed by atoms with Crippen LogP contribution in [0.4, 0.5) is 5.69 Å². The SMILES string of the molecule is O=C1CCc2ccccc2N1CCCN1C2CCC1CC(CCCOC1=NOCC1)C2. The van der Waals surface area contributed by atoms with E-state index in [1.54, 1.807) is 0 Å². The van der Waals surface area contributed by atoms with Crippen molar-refractivity contribution in [1.82, 2.24) is 4.90 Å². The third kappa shape index (κ3) is 4.74. The first-order chi connectivity index (χ1) is 15.3. The minimum Gasteiger partial charge on any atom is -0.479 e. The molecule has 0 radical (unpaired) electrons. The molecular formula is C25H35N3O3. The quantitative estimate of drug-likeness (QED) is 0.588. The van der Waals surface area contributed by atoms with Crippen LogP contribution in [-0.4, -0.2) is 55.1 Å². The van der Waals surface area contributed by atoms with E-state index in [1.807, 2.05) is 4.90 Å². The Morgan fingerprint density at radius 1 is 1.03 bits per heavy atom. The van der Waals surface area contributed by atoms with Crippen molar-refractivity contribution in [2.24, 2.45) is 11.1 Å². The fourth-order valence-electron chi connectivity index (χ4n) is 6.10. The highest BCUT2D eigenvalue weighted by Gasteiger charge is 2.40. The average Bonchev–Trinajstić information content (AvgIpc) is 3.38. The molecule has 4 aliphatic heterocycles. The Bertz CT molecular complexity index is 797. The van der Waals surface area contributed by atoms with Gasteiger partial charge < -0.3 is 14.5 Å². The minimum atomic E-state index is 0.290. The lowest BCUT2D eigenvalue weighted by Crippen LogP contribution is -2.44. The van der Waals surface area contributed by atoms with Crippen molar-refractivity contribution in [1.29, 1.82) is 0 Å². The second-order valence-electron chi connectivity index (χ2n) is 9.55. The third-order valence-electron chi connectivity index (χ3n) is 7.57. The van der Waals surface area contributed by atoms with E-state index in [1.165, 1.54) is 37.7 Å². The number of anilines is 1. The van der Waals surface area contributed by atoms with Crippen LogP contribution in [0.5, 0.6) is 0 Å². The van der Waals surface area contributed by atoms with E-state index in [4.69, 9.17) is 9.57 Å². The highest BCUT2D eigenvalue weighted by Crippen LogP contribution is 2.40. The Balaban J connectivity index is 1.06. The summed E-state index contributed by atoms with van der Waals surface area (Å²) in [6, 6.07) is 9.88. The Hall–Kier alpha value is -2.08. The Labute approximate surface area is 185 Å². The van der Waals surface area contributed by atoms with Crippen molar-refractivity contribution >= 4 is 17.5 Å². The Morgan fingerprint density at radius 2 is 1.87 bits per heavy atom. The maximum Gasteiger partial charge on any atom is 0.229 e. The second-order valence-corrected chi connectivity index (χ2v) is 9.55. The number of ether oxygens (including phenoxy) is 1. The van der Waals surface area contributed by atoms with Crippen LogP contribution in [0.2, 0.25) is 0 Å². The summed E-state index contributed by atoms with van der Waals surface area (Å²) in [4.78, 5) is 22.3. The molecule has 0 N–H and O–H groups in total. The minimum absolute atomic E-state index is 0.290. The molecule has 2 fully saturated rings. The molecule has 0 aromatic heterocycles. The van der Waals surface area contributed by atoms with Gasteiger partial charge in [0.25, 0.3) is 0 Å². The van der Waals surface area contributed by atoms with Crippen LogP contribution in [0, 0.1) is 5.92 Å². The summed E-state index contributed by atoms with van der Waals surface area (Å²) in [7, 11) is 0. The number of fused-ring (bicyclic) bond motifs is 3. The van der Waals surface area contributed by atoms with Gasteiger partial charge in [-0.15, -0.1) is 0 Å². The predicted molar refractivity (Wildman–Crippen MR) is 121 cm³/mol. The lowest BCUT2D eigenvalue weighted by Gasteiger charge is -2.39. The fraction of sp³-hybridized carbons (Fsp3) is 0.680. The Morgan fingerprint density at radius 3 is 2.68 bits per heavy atom. The van der Waals surface area contributed by atoms with Gasteiger partial charge in [0.2, 0.25) is 11.8 Å². The smallest absolute Gasteiger partial charge is 0.229 e. The molecule has 5 rings (SSSR count). The molecule has 0 spiro atoms. The van der Waals surface area contributed by atoms with Gasteiger partial charge in [0.15, 0.2) is 0 Å². The normalized spacial score (nSPS) is 27.7. The lowest BCUT2D eigenvalue weighted by molar-refractivity contribution is -0.118. The first-order valence-electron chi connectivity index (χ1n) is 12.2. The molecule has 1 amide bonds. The summed E-state index contributed by atoms with van der Waals surface area (Å²) < 4.78 is 5.71. The first kappa shape index (κ1) is 20.8. The number of nitrogens with zero attached hydrogens (tertiary/aromatic N) is 3. The van der Waals surface area contributed by atoms with Crippen LogP contribution in [0.1, 0.15) is 63.4 Å². The zero-order chi connectivity index (χ0) is 21.0. The molecule has 6 heteroatoms. The number of carbonyl (C=O) groups excluding carboxylic acids is 1. The molecule has 1 aromatic rings. The highest BCUT2D eigenvalue weighted by atomic mass is 16.7. The van der Waals surface area contributed by atoms with Crippen LogP contribution in [0.15, 0.2) is 29.4 Å². The van der Waals surface area contributed by atoms with Crippen LogP contribution in [0.25, 0.3) is 0 Å². The van der Waals surface area contributed by atoms with Gasteiger partial charge >= 0.3 is 0 Å². The number of piperidine rings is 1. The molecule has 2 unspecified atom stereocenters. The van der Waals surface area contributed by atoms with Crippen LogP contribution in [0.3, 0.4) is 0 Å².